The van der Waals surface area contributed by atoms with Gasteiger partial charge in [-0.15, -0.1) is 0 Å². The van der Waals surface area contributed by atoms with E-state index in [0.717, 1.165) is 0 Å². The van der Waals surface area contributed by atoms with Gasteiger partial charge in [0.05, 0.1) is 17.2 Å². The molecule has 0 aliphatic rings. The summed E-state index contributed by atoms with van der Waals surface area (Å²) in [5.74, 6) is -1.03. The van der Waals surface area contributed by atoms with Crippen LogP contribution in [0.5, 0.6) is 0 Å². The van der Waals surface area contributed by atoms with E-state index < -0.39 is 5.97 Å². The van der Waals surface area contributed by atoms with E-state index >= 15 is 0 Å². The van der Waals surface area contributed by atoms with E-state index in [1.165, 1.54) is 6.07 Å². The van der Waals surface area contributed by atoms with Crippen LogP contribution in [0.1, 0.15) is 27.0 Å². The molecule has 0 aliphatic heterocycles. The third kappa shape index (κ3) is 1.73. The molecule has 0 radical (unpaired) electrons. The SMILES string of the molecule is Cc1cc(CN)c(C#N)cc1C(=O)O. The Hall–Kier alpha value is -1.86. The Morgan fingerprint density at radius 1 is 1.64 bits per heavy atom. The summed E-state index contributed by atoms with van der Waals surface area (Å²) in [4.78, 5) is 10.7. The summed E-state index contributed by atoms with van der Waals surface area (Å²) in [5, 5.41) is 17.6. The van der Waals surface area contributed by atoms with E-state index in [0.29, 0.717) is 16.7 Å². The van der Waals surface area contributed by atoms with E-state index in [1.807, 2.05) is 6.07 Å². The molecule has 0 atom stereocenters. The Kier molecular flexibility index (Phi) is 2.85. The first kappa shape index (κ1) is 10.2. The zero-order valence-corrected chi connectivity index (χ0v) is 7.74. The fraction of sp³-hybridized carbons (Fsp3) is 0.200. The Morgan fingerprint density at radius 3 is 2.71 bits per heavy atom. The van der Waals surface area contributed by atoms with Crippen molar-refractivity contribution in [1.82, 2.24) is 0 Å². The summed E-state index contributed by atoms with van der Waals surface area (Å²) in [6.07, 6.45) is 0. The predicted octanol–water partition coefficient (Wildman–Crippen LogP) is 1.02. The van der Waals surface area contributed by atoms with Gasteiger partial charge in [-0.3, -0.25) is 0 Å². The molecule has 0 aromatic heterocycles. The predicted molar refractivity (Wildman–Crippen MR) is 50.7 cm³/mol. The van der Waals surface area contributed by atoms with Crippen molar-refractivity contribution in [1.29, 1.82) is 5.26 Å². The van der Waals surface area contributed by atoms with Crippen LogP contribution >= 0.6 is 0 Å². The number of nitrogens with zero attached hydrogens (tertiary/aromatic N) is 1. The lowest BCUT2D eigenvalue weighted by Gasteiger charge is -2.05. The smallest absolute Gasteiger partial charge is 0.335 e. The van der Waals surface area contributed by atoms with Crippen molar-refractivity contribution in [2.75, 3.05) is 0 Å². The number of nitrogens with two attached hydrogens (primary N) is 1. The standard InChI is InChI=1S/C10H10N2O2/c1-6-2-7(4-11)8(5-12)3-9(6)10(13)14/h2-3H,4,11H2,1H3,(H,13,14). The third-order valence-electron chi connectivity index (χ3n) is 2.02. The molecule has 0 spiro atoms. The molecule has 0 saturated carbocycles. The summed E-state index contributed by atoms with van der Waals surface area (Å²) in [7, 11) is 0. The van der Waals surface area contributed by atoms with Crippen LogP contribution in [0.15, 0.2) is 12.1 Å². The minimum Gasteiger partial charge on any atom is -0.478 e. The van der Waals surface area contributed by atoms with Crippen LogP contribution in [-0.2, 0) is 6.54 Å². The normalized spacial score (nSPS) is 9.50. The zero-order chi connectivity index (χ0) is 10.7. The van der Waals surface area contributed by atoms with Gasteiger partial charge in [-0.05, 0) is 24.1 Å². The maximum Gasteiger partial charge on any atom is 0.335 e. The number of carboxylic acids is 1. The Bertz CT molecular complexity index is 419. The van der Waals surface area contributed by atoms with Crippen LogP contribution in [0.2, 0.25) is 0 Å². The van der Waals surface area contributed by atoms with Gasteiger partial charge in [0.25, 0.3) is 0 Å². The van der Waals surface area contributed by atoms with Crippen LogP contribution in [0.4, 0.5) is 0 Å². The van der Waals surface area contributed by atoms with Gasteiger partial charge in [-0.25, -0.2) is 4.79 Å². The first-order chi connectivity index (χ1) is 6.60. The van der Waals surface area contributed by atoms with Crippen LogP contribution in [0.25, 0.3) is 0 Å². The van der Waals surface area contributed by atoms with Crippen molar-refractivity contribution >= 4 is 5.97 Å². The second kappa shape index (κ2) is 3.90. The average molecular weight is 190 g/mol. The molecule has 0 aliphatic carbocycles. The second-order valence-corrected chi connectivity index (χ2v) is 2.95. The highest BCUT2D eigenvalue weighted by Crippen LogP contribution is 2.15. The molecule has 0 heterocycles. The largest absolute Gasteiger partial charge is 0.478 e. The number of carbonyl (C=O) groups is 1. The van der Waals surface area contributed by atoms with Crippen LogP contribution < -0.4 is 5.73 Å². The number of aromatic carboxylic acids is 1. The zero-order valence-electron chi connectivity index (χ0n) is 7.74. The molecule has 0 amide bonds. The molecule has 1 rings (SSSR count). The van der Waals surface area contributed by atoms with Crippen LogP contribution in [0, 0.1) is 18.3 Å². The Labute approximate surface area is 81.6 Å². The van der Waals surface area contributed by atoms with Gasteiger partial charge in [0.2, 0.25) is 0 Å². The van der Waals surface area contributed by atoms with Crippen molar-refractivity contribution in [3.05, 3.63) is 34.4 Å². The molecule has 0 saturated heterocycles. The lowest BCUT2D eigenvalue weighted by Crippen LogP contribution is -2.05. The number of nitriles is 1. The quantitative estimate of drug-likeness (QED) is 0.728. The molecule has 4 heteroatoms. The molecule has 0 fully saturated rings. The van der Waals surface area contributed by atoms with Gasteiger partial charge < -0.3 is 10.8 Å². The minimum absolute atomic E-state index is 0.152. The van der Waals surface area contributed by atoms with Crippen molar-refractivity contribution in [3.8, 4) is 6.07 Å². The third-order valence-corrected chi connectivity index (χ3v) is 2.02. The lowest BCUT2D eigenvalue weighted by molar-refractivity contribution is 0.0696. The van der Waals surface area contributed by atoms with E-state index in [1.54, 1.807) is 13.0 Å². The van der Waals surface area contributed by atoms with E-state index in [9.17, 15) is 4.79 Å². The summed E-state index contributed by atoms with van der Waals surface area (Å²) < 4.78 is 0. The van der Waals surface area contributed by atoms with Gasteiger partial charge in [0, 0.05) is 6.54 Å². The molecule has 14 heavy (non-hydrogen) atoms. The van der Waals surface area contributed by atoms with Gasteiger partial charge in [-0.2, -0.15) is 5.26 Å². The highest BCUT2D eigenvalue weighted by molar-refractivity contribution is 5.90. The molecule has 1 aromatic rings. The number of carboxylic acid groups (broad SMARTS) is 1. The van der Waals surface area contributed by atoms with Crippen molar-refractivity contribution in [2.24, 2.45) is 5.73 Å². The maximum absolute atomic E-state index is 10.7. The first-order valence-electron chi connectivity index (χ1n) is 4.07. The first-order valence-corrected chi connectivity index (χ1v) is 4.07. The number of aryl methyl sites for hydroxylation is 1. The van der Waals surface area contributed by atoms with E-state index in [2.05, 4.69) is 0 Å². The molecular formula is C10H10N2O2. The maximum atomic E-state index is 10.7. The highest BCUT2D eigenvalue weighted by atomic mass is 16.4. The topological polar surface area (TPSA) is 87.1 Å². The molecule has 4 nitrogen and oxygen atoms in total. The summed E-state index contributed by atoms with van der Waals surface area (Å²) in [6.45, 7) is 1.92. The second-order valence-electron chi connectivity index (χ2n) is 2.95. The van der Waals surface area contributed by atoms with Crippen molar-refractivity contribution in [3.63, 3.8) is 0 Å². The molecule has 3 N–H and O–H groups in total. The number of benzene rings is 1. The van der Waals surface area contributed by atoms with Crippen molar-refractivity contribution in [2.45, 2.75) is 13.5 Å². The molecule has 0 bridgehead atoms. The minimum atomic E-state index is -1.03. The van der Waals surface area contributed by atoms with Gasteiger partial charge >= 0.3 is 5.97 Å². The fourth-order valence-corrected chi connectivity index (χ4v) is 1.27. The van der Waals surface area contributed by atoms with Crippen LogP contribution in [0.3, 0.4) is 0 Å². The van der Waals surface area contributed by atoms with E-state index in [-0.39, 0.29) is 12.1 Å². The average Bonchev–Trinajstić information content (AvgIpc) is 2.16. The van der Waals surface area contributed by atoms with Crippen LogP contribution in [-0.4, -0.2) is 11.1 Å². The molecule has 0 unspecified atom stereocenters. The number of rotatable bonds is 2. The number of hydrogen-bond acceptors (Lipinski definition) is 3. The van der Waals surface area contributed by atoms with E-state index in [4.69, 9.17) is 16.1 Å². The molecule has 72 valence electrons. The van der Waals surface area contributed by atoms with Crippen molar-refractivity contribution < 1.29 is 9.90 Å². The van der Waals surface area contributed by atoms with Gasteiger partial charge in [0.15, 0.2) is 0 Å². The summed E-state index contributed by atoms with van der Waals surface area (Å²) in [6, 6.07) is 4.93. The Morgan fingerprint density at radius 2 is 2.29 bits per heavy atom. The van der Waals surface area contributed by atoms with Gasteiger partial charge in [-0.1, -0.05) is 6.07 Å². The molecular weight excluding hydrogens is 180 g/mol. The lowest BCUT2D eigenvalue weighted by atomic mass is 10.00. The summed E-state index contributed by atoms with van der Waals surface area (Å²) in [5.41, 5.74) is 7.20. The monoisotopic (exact) mass is 190 g/mol. The highest BCUT2D eigenvalue weighted by Gasteiger charge is 2.11. The number of hydrogen-bond donors (Lipinski definition) is 2. The van der Waals surface area contributed by atoms with Gasteiger partial charge in [0.1, 0.15) is 0 Å². The fourth-order valence-electron chi connectivity index (χ4n) is 1.27. The molecule has 1 aromatic carbocycles. The summed E-state index contributed by atoms with van der Waals surface area (Å²) >= 11 is 0. The Balaban J connectivity index is 3.40.